The second-order valence-corrected chi connectivity index (χ2v) is 6.18. The van der Waals surface area contributed by atoms with Crippen molar-refractivity contribution in [2.24, 2.45) is 11.7 Å². The van der Waals surface area contributed by atoms with Gasteiger partial charge in [-0.2, -0.15) is 0 Å². The summed E-state index contributed by atoms with van der Waals surface area (Å²) in [6.45, 7) is 3.92. The van der Waals surface area contributed by atoms with Gasteiger partial charge >= 0.3 is 5.97 Å². The molecule has 0 heterocycles. The Balaban J connectivity index is 3.27. The molecule has 2 unspecified atom stereocenters. The van der Waals surface area contributed by atoms with E-state index in [1.807, 2.05) is 26.0 Å². The van der Waals surface area contributed by atoms with Gasteiger partial charge in [0.2, 0.25) is 0 Å². The van der Waals surface area contributed by atoms with E-state index in [2.05, 4.69) is 22.6 Å². The lowest BCUT2D eigenvalue weighted by Crippen LogP contribution is -2.19. The van der Waals surface area contributed by atoms with Crippen LogP contribution in [0.1, 0.15) is 13.8 Å². The number of halogens is 1. The molecule has 1 rings (SSSR count). The van der Waals surface area contributed by atoms with Crippen molar-refractivity contribution >= 4 is 28.6 Å². The lowest BCUT2D eigenvalue weighted by molar-refractivity contribution is -0.132. The zero-order valence-electron chi connectivity index (χ0n) is 8.70. The number of rotatable bonds is 1. The van der Waals surface area contributed by atoms with E-state index >= 15 is 0 Å². The SMILES string of the molecule is CC1/C=C\C(C)(I)/C=C(C(=O)O)\C(N)=C/1. The van der Waals surface area contributed by atoms with Gasteiger partial charge in [-0.05, 0) is 18.9 Å². The van der Waals surface area contributed by atoms with Gasteiger partial charge in [0, 0.05) is 5.70 Å². The number of carboxylic acids is 1. The molecule has 0 bridgehead atoms. The summed E-state index contributed by atoms with van der Waals surface area (Å²) in [5.74, 6) is -0.823. The Hall–Kier alpha value is -0.780. The van der Waals surface area contributed by atoms with Gasteiger partial charge in [-0.15, -0.1) is 0 Å². The van der Waals surface area contributed by atoms with Crippen molar-refractivity contribution in [1.82, 2.24) is 0 Å². The lowest BCUT2D eigenvalue weighted by atomic mass is 9.97. The average molecular weight is 319 g/mol. The van der Waals surface area contributed by atoms with Crippen LogP contribution in [0.3, 0.4) is 0 Å². The fraction of sp³-hybridized carbons (Fsp3) is 0.364. The smallest absolute Gasteiger partial charge is 0.337 e. The van der Waals surface area contributed by atoms with Crippen LogP contribution in [0.15, 0.2) is 35.6 Å². The van der Waals surface area contributed by atoms with Crippen LogP contribution in [0.5, 0.6) is 0 Å². The molecule has 82 valence electrons. The van der Waals surface area contributed by atoms with Gasteiger partial charge in [0.15, 0.2) is 0 Å². The molecule has 0 spiro atoms. The highest BCUT2D eigenvalue weighted by atomic mass is 127. The maximum absolute atomic E-state index is 11.0. The molecule has 2 atom stereocenters. The summed E-state index contributed by atoms with van der Waals surface area (Å²) in [5, 5.41) is 9.03. The van der Waals surface area contributed by atoms with Gasteiger partial charge < -0.3 is 10.8 Å². The first-order chi connectivity index (χ1) is 6.82. The zero-order valence-corrected chi connectivity index (χ0v) is 10.9. The molecular formula is C11H14INO2. The van der Waals surface area contributed by atoms with Crippen LogP contribution in [-0.4, -0.2) is 14.5 Å². The minimum absolute atomic E-state index is 0.155. The first-order valence-electron chi connectivity index (χ1n) is 4.64. The Bertz CT molecular complexity index is 367. The van der Waals surface area contributed by atoms with Crippen molar-refractivity contribution in [3.63, 3.8) is 0 Å². The van der Waals surface area contributed by atoms with Crippen LogP contribution >= 0.6 is 22.6 Å². The molecule has 0 amide bonds. The molecule has 4 heteroatoms. The molecule has 0 radical (unpaired) electrons. The van der Waals surface area contributed by atoms with Gasteiger partial charge in [-0.3, -0.25) is 0 Å². The molecule has 0 saturated heterocycles. The highest BCUT2D eigenvalue weighted by Gasteiger charge is 2.21. The minimum atomic E-state index is -0.978. The summed E-state index contributed by atoms with van der Waals surface area (Å²) in [6, 6.07) is 0. The first-order valence-corrected chi connectivity index (χ1v) is 5.72. The number of carboxylic acid groups (broad SMARTS) is 1. The fourth-order valence-electron chi connectivity index (χ4n) is 1.37. The van der Waals surface area contributed by atoms with E-state index in [1.165, 1.54) is 0 Å². The Kier molecular flexibility index (Phi) is 3.59. The predicted octanol–water partition coefficient (Wildman–Crippen LogP) is 2.24. The molecule has 1 aliphatic carbocycles. The van der Waals surface area contributed by atoms with Crippen LogP contribution in [0.25, 0.3) is 0 Å². The van der Waals surface area contributed by atoms with E-state index in [4.69, 9.17) is 10.8 Å². The van der Waals surface area contributed by atoms with Crippen LogP contribution in [-0.2, 0) is 4.79 Å². The van der Waals surface area contributed by atoms with E-state index in [-0.39, 0.29) is 14.9 Å². The number of aliphatic carboxylic acids is 1. The van der Waals surface area contributed by atoms with E-state index in [0.29, 0.717) is 5.70 Å². The van der Waals surface area contributed by atoms with Gasteiger partial charge in [-0.25, -0.2) is 4.79 Å². The third-order valence-electron chi connectivity index (χ3n) is 2.14. The third kappa shape index (κ3) is 3.37. The van der Waals surface area contributed by atoms with Gasteiger partial charge in [0.05, 0.1) is 8.99 Å². The Morgan fingerprint density at radius 1 is 1.67 bits per heavy atom. The highest BCUT2D eigenvalue weighted by molar-refractivity contribution is 14.1. The van der Waals surface area contributed by atoms with Crippen molar-refractivity contribution < 1.29 is 9.90 Å². The largest absolute Gasteiger partial charge is 0.478 e. The molecule has 0 saturated carbocycles. The van der Waals surface area contributed by atoms with E-state index in [0.717, 1.165) is 0 Å². The molecular weight excluding hydrogens is 305 g/mol. The molecule has 3 N–H and O–H groups in total. The molecule has 0 aromatic carbocycles. The van der Waals surface area contributed by atoms with E-state index < -0.39 is 5.97 Å². The molecule has 3 nitrogen and oxygen atoms in total. The number of hydrogen-bond donors (Lipinski definition) is 2. The topological polar surface area (TPSA) is 63.3 Å². The van der Waals surface area contributed by atoms with Gasteiger partial charge in [-0.1, -0.05) is 47.7 Å². The summed E-state index contributed by atoms with van der Waals surface area (Å²) in [4.78, 5) is 11.0. The van der Waals surface area contributed by atoms with Crippen molar-refractivity contribution in [3.05, 3.63) is 35.6 Å². The second-order valence-electron chi connectivity index (χ2n) is 3.85. The summed E-state index contributed by atoms with van der Waals surface area (Å²) >= 11 is 2.19. The standard InChI is InChI=1S/C11H14INO2/c1-7-3-4-11(2,12)6-8(10(14)15)9(13)5-7/h3-7H,13H2,1-2H3,(H,14,15)/b4-3-,8-6+,9-5+. The molecule has 0 fully saturated rings. The van der Waals surface area contributed by atoms with Crippen LogP contribution < -0.4 is 5.73 Å². The second kappa shape index (κ2) is 4.38. The molecule has 0 aliphatic heterocycles. The number of nitrogens with two attached hydrogens (primary N) is 1. The van der Waals surface area contributed by atoms with Crippen LogP contribution in [0.2, 0.25) is 0 Å². The molecule has 15 heavy (non-hydrogen) atoms. The average Bonchev–Trinajstić information content (AvgIpc) is 2.09. The number of hydrogen-bond acceptors (Lipinski definition) is 2. The highest BCUT2D eigenvalue weighted by Crippen LogP contribution is 2.28. The fourth-order valence-corrected chi connectivity index (χ4v) is 1.89. The first kappa shape index (κ1) is 12.3. The maximum atomic E-state index is 11.0. The van der Waals surface area contributed by atoms with Crippen molar-refractivity contribution in [3.8, 4) is 0 Å². The van der Waals surface area contributed by atoms with Crippen LogP contribution in [0.4, 0.5) is 0 Å². The van der Waals surface area contributed by atoms with E-state index in [1.54, 1.807) is 12.2 Å². The number of carbonyl (C=O) groups is 1. The summed E-state index contributed by atoms with van der Waals surface area (Å²) in [7, 11) is 0. The van der Waals surface area contributed by atoms with Crippen molar-refractivity contribution in [1.29, 1.82) is 0 Å². The summed E-state index contributed by atoms with van der Waals surface area (Å²) < 4.78 is -0.307. The Labute approximate surface area is 103 Å². The van der Waals surface area contributed by atoms with Crippen LogP contribution in [0, 0.1) is 5.92 Å². The summed E-state index contributed by atoms with van der Waals surface area (Å²) in [6.07, 6.45) is 7.44. The molecule has 0 aromatic heterocycles. The minimum Gasteiger partial charge on any atom is -0.478 e. The lowest BCUT2D eigenvalue weighted by Gasteiger charge is -2.18. The van der Waals surface area contributed by atoms with Crippen molar-refractivity contribution in [2.45, 2.75) is 17.3 Å². The van der Waals surface area contributed by atoms with Gasteiger partial charge in [0.25, 0.3) is 0 Å². The molecule has 1 aliphatic rings. The monoisotopic (exact) mass is 319 g/mol. The molecule has 0 aromatic rings. The quantitative estimate of drug-likeness (QED) is 0.443. The Morgan fingerprint density at radius 2 is 2.27 bits per heavy atom. The maximum Gasteiger partial charge on any atom is 0.337 e. The van der Waals surface area contributed by atoms with Gasteiger partial charge in [0.1, 0.15) is 0 Å². The van der Waals surface area contributed by atoms with E-state index in [9.17, 15) is 4.79 Å². The number of allylic oxidation sites excluding steroid dienone is 4. The van der Waals surface area contributed by atoms with Crippen molar-refractivity contribution in [2.75, 3.05) is 0 Å². The zero-order chi connectivity index (χ0) is 11.6. The number of alkyl halides is 1. The normalized spacial score (nSPS) is 40.3. The third-order valence-corrected chi connectivity index (χ3v) is 2.81. The Morgan fingerprint density at radius 3 is 2.80 bits per heavy atom. The summed E-state index contributed by atoms with van der Waals surface area (Å²) in [5.41, 5.74) is 6.25. The predicted molar refractivity (Wildman–Crippen MR) is 68.7 cm³/mol.